The Balaban J connectivity index is 2.47. The van der Waals surface area contributed by atoms with Crippen LogP contribution in [-0.2, 0) is 16.1 Å². The molecule has 4 nitrogen and oxygen atoms in total. The Labute approximate surface area is 129 Å². The number of benzene rings is 1. The molecule has 0 saturated carbocycles. The monoisotopic (exact) mass is 312 g/mol. The molecule has 22 heavy (non-hydrogen) atoms. The number of hydrogen-bond donors (Lipinski definition) is 1. The largest absolute Gasteiger partial charge is 0.355 e. The summed E-state index contributed by atoms with van der Waals surface area (Å²) in [4.78, 5) is 24.9. The molecule has 0 aromatic heterocycles. The van der Waals surface area contributed by atoms with Crippen molar-refractivity contribution in [2.75, 3.05) is 13.6 Å². The first-order valence-corrected chi connectivity index (χ1v) is 7.07. The Morgan fingerprint density at radius 3 is 2.41 bits per heavy atom. The minimum absolute atomic E-state index is 0.0537. The second-order valence-electron chi connectivity index (χ2n) is 6.24. The highest BCUT2D eigenvalue weighted by Gasteiger charge is 2.21. The van der Waals surface area contributed by atoms with Crippen molar-refractivity contribution < 1.29 is 18.4 Å². The topological polar surface area (TPSA) is 49.4 Å². The first kappa shape index (κ1) is 18.1. The summed E-state index contributed by atoms with van der Waals surface area (Å²) in [6.45, 7) is 5.64. The van der Waals surface area contributed by atoms with Crippen LogP contribution in [0.1, 0.15) is 32.8 Å². The Morgan fingerprint density at radius 2 is 1.86 bits per heavy atom. The molecule has 0 aliphatic heterocycles. The van der Waals surface area contributed by atoms with E-state index in [2.05, 4.69) is 5.32 Å². The van der Waals surface area contributed by atoms with Crippen LogP contribution in [0.4, 0.5) is 8.78 Å². The van der Waals surface area contributed by atoms with E-state index < -0.39 is 17.0 Å². The van der Waals surface area contributed by atoms with E-state index in [9.17, 15) is 18.4 Å². The predicted octanol–water partition coefficient (Wildman–Crippen LogP) is 2.48. The number of rotatable bonds is 5. The van der Waals surface area contributed by atoms with Crippen molar-refractivity contribution in [3.05, 3.63) is 35.4 Å². The fourth-order valence-corrected chi connectivity index (χ4v) is 1.73. The van der Waals surface area contributed by atoms with Gasteiger partial charge in [0.1, 0.15) is 11.6 Å². The maximum Gasteiger partial charge on any atom is 0.225 e. The van der Waals surface area contributed by atoms with Gasteiger partial charge in [0, 0.05) is 43.6 Å². The van der Waals surface area contributed by atoms with Crippen LogP contribution in [0.3, 0.4) is 0 Å². The van der Waals surface area contributed by atoms with Crippen LogP contribution in [-0.4, -0.2) is 30.3 Å². The van der Waals surface area contributed by atoms with E-state index in [1.54, 1.807) is 20.8 Å². The molecule has 0 atom stereocenters. The van der Waals surface area contributed by atoms with Gasteiger partial charge in [-0.05, 0) is 6.07 Å². The summed E-state index contributed by atoms with van der Waals surface area (Å²) in [6.07, 6.45) is 0.126. The molecule has 122 valence electrons. The second-order valence-corrected chi connectivity index (χ2v) is 6.24. The maximum atomic E-state index is 13.5. The number of halogens is 2. The highest BCUT2D eigenvalue weighted by molar-refractivity contribution is 5.82. The Kier molecular flexibility index (Phi) is 6.02. The fourth-order valence-electron chi connectivity index (χ4n) is 1.73. The first-order valence-electron chi connectivity index (χ1n) is 7.07. The lowest BCUT2D eigenvalue weighted by Crippen LogP contribution is -2.37. The zero-order valence-electron chi connectivity index (χ0n) is 13.4. The molecule has 0 aliphatic carbocycles. The lowest BCUT2D eigenvalue weighted by Gasteiger charge is -2.20. The maximum absolute atomic E-state index is 13.5. The summed E-state index contributed by atoms with van der Waals surface area (Å²) in [5, 5.41) is 2.68. The zero-order chi connectivity index (χ0) is 16.9. The van der Waals surface area contributed by atoms with Crippen LogP contribution in [0.5, 0.6) is 0 Å². The lowest BCUT2D eigenvalue weighted by atomic mass is 9.96. The van der Waals surface area contributed by atoms with Gasteiger partial charge in [-0.3, -0.25) is 9.59 Å². The van der Waals surface area contributed by atoms with E-state index in [4.69, 9.17) is 0 Å². The molecular formula is C16H22F2N2O2. The van der Waals surface area contributed by atoms with Gasteiger partial charge in [0.25, 0.3) is 0 Å². The first-order chi connectivity index (χ1) is 10.1. The SMILES string of the molecule is CN(Cc1ccc(F)cc1F)C(=O)CCNC(=O)C(C)(C)C. The Morgan fingerprint density at radius 1 is 1.23 bits per heavy atom. The van der Waals surface area contributed by atoms with Crippen molar-refractivity contribution in [1.82, 2.24) is 10.2 Å². The summed E-state index contributed by atoms with van der Waals surface area (Å²) in [5.74, 6) is -1.69. The number of hydrogen-bond acceptors (Lipinski definition) is 2. The van der Waals surface area contributed by atoms with Crippen LogP contribution in [0.2, 0.25) is 0 Å². The Hall–Kier alpha value is -1.98. The average Bonchev–Trinajstić information content (AvgIpc) is 2.40. The van der Waals surface area contributed by atoms with Gasteiger partial charge in [0.15, 0.2) is 0 Å². The molecule has 1 rings (SSSR count). The molecule has 6 heteroatoms. The number of carbonyl (C=O) groups is 2. The third kappa shape index (κ3) is 5.42. The van der Waals surface area contributed by atoms with Crippen molar-refractivity contribution in [2.24, 2.45) is 5.41 Å². The molecule has 2 amide bonds. The molecule has 1 N–H and O–H groups in total. The minimum Gasteiger partial charge on any atom is -0.355 e. The van der Waals surface area contributed by atoms with E-state index >= 15 is 0 Å². The van der Waals surface area contributed by atoms with Crippen molar-refractivity contribution in [2.45, 2.75) is 33.7 Å². The predicted molar refractivity (Wildman–Crippen MR) is 79.9 cm³/mol. The number of nitrogens with zero attached hydrogens (tertiary/aromatic N) is 1. The van der Waals surface area contributed by atoms with Gasteiger partial charge in [0.2, 0.25) is 11.8 Å². The van der Waals surface area contributed by atoms with E-state index in [1.807, 2.05) is 0 Å². The van der Waals surface area contributed by atoms with Gasteiger partial charge in [-0.2, -0.15) is 0 Å². The molecule has 0 radical (unpaired) electrons. The third-order valence-electron chi connectivity index (χ3n) is 3.15. The molecule has 1 aromatic rings. The number of carbonyl (C=O) groups excluding carboxylic acids is 2. The highest BCUT2D eigenvalue weighted by Crippen LogP contribution is 2.13. The van der Waals surface area contributed by atoms with Gasteiger partial charge in [-0.1, -0.05) is 26.8 Å². The number of nitrogens with one attached hydrogen (secondary N) is 1. The van der Waals surface area contributed by atoms with Crippen molar-refractivity contribution in [3.8, 4) is 0 Å². The Bertz CT molecular complexity index is 554. The van der Waals surface area contributed by atoms with Gasteiger partial charge in [-0.15, -0.1) is 0 Å². The van der Waals surface area contributed by atoms with Crippen molar-refractivity contribution in [3.63, 3.8) is 0 Å². The van der Waals surface area contributed by atoms with E-state index in [0.717, 1.165) is 12.1 Å². The molecule has 0 unspecified atom stereocenters. The smallest absolute Gasteiger partial charge is 0.225 e. The zero-order valence-corrected chi connectivity index (χ0v) is 13.4. The van der Waals surface area contributed by atoms with Gasteiger partial charge < -0.3 is 10.2 Å². The molecule has 0 saturated heterocycles. The van der Waals surface area contributed by atoms with E-state index in [1.165, 1.54) is 18.0 Å². The number of amides is 2. The molecular weight excluding hydrogens is 290 g/mol. The molecule has 0 heterocycles. The van der Waals surface area contributed by atoms with Crippen LogP contribution in [0.25, 0.3) is 0 Å². The normalized spacial score (nSPS) is 11.2. The van der Waals surface area contributed by atoms with Gasteiger partial charge in [0.05, 0.1) is 0 Å². The molecule has 0 fully saturated rings. The van der Waals surface area contributed by atoms with Crippen LogP contribution in [0.15, 0.2) is 18.2 Å². The molecule has 0 bridgehead atoms. The van der Waals surface area contributed by atoms with Crippen LogP contribution < -0.4 is 5.32 Å². The quantitative estimate of drug-likeness (QED) is 0.908. The molecule has 0 spiro atoms. The van der Waals surface area contributed by atoms with Crippen molar-refractivity contribution >= 4 is 11.8 Å². The lowest BCUT2D eigenvalue weighted by molar-refractivity contribution is -0.131. The standard InChI is InChI=1S/C16H22F2N2O2/c1-16(2,3)15(22)19-8-7-14(21)20(4)10-11-5-6-12(17)9-13(11)18/h5-6,9H,7-8,10H2,1-4H3,(H,19,22). The summed E-state index contributed by atoms with van der Waals surface area (Å²) in [6, 6.07) is 3.26. The summed E-state index contributed by atoms with van der Waals surface area (Å²) < 4.78 is 26.3. The van der Waals surface area contributed by atoms with Gasteiger partial charge >= 0.3 is 0 Å². The third-order valence-corrected chi connectivity index (χ3v) is 3.15. The minimum atomic E-state index is -0.680. The van der Waals surface area contributed by atoms with Crippen LogP contribution >= 0.6 is 0 Å². The molecule has 0 aliphatic rings. The van der Waals surface area contributed by atoms with E-state index in [-0.39, 0.29) is 36.9 Å². The summed E-state index contributed by atoms with van der Waals surface area (Å²) >= 11 is 0. The fraction of sp³-hybridized carbons (Fsp3) is 0.500. The van der Waals surface area contributed by atoms with Crippen LogP contribution in [0, 0.1) is 17.0 Å². The van der Waals surface area contributed by atoms with Crippen molar-refractivity contribution in [1.29, 1.82) is 0 Å². The summed E-state index contributed by atoms with van der Waals surface area (Å²) in [5.41, 5.74) is -0.261. The van der Waals surface area contributed by atoms with Gasteiger partial charge in [-0.25, -0.2) is 8.78 Å². The average molecular weight is 312 g/mol. The van der Waals surface area contributed by atoms with E-state index in [0.29, 0.717) is 0 Å². The molecule has 1 aromatic carbocycles. The summed E-state index contributed by atoms with van der Waals surface area (Å²) in [7, 11) is 1.54. The second kappa shape index (κ2) is 7.33. The highest BCUT2D eigenvalue weighted by atomic mass is 19.1.